The lowest BCUT2D eigenvalue weighted by Crippen LogP contribution is -2.19. The molecule has 0 aliphatic carbocycles. The van der Waals surface area contributed by atoms with Crippen LogP contribution in [0, 0.1) is 5.92 Å². The largest absolute Gasteiger partial charge is 0.385 e. The van der Waals surface area contributed by atoms with Gasteiger partial charge in [-0.15, -0.1) is 0 Å². The highest BCUT2D eigenvalue weighted by molar-refractivity contribution is 5.65. The fourth-order valence-corrected chi connectivity index (χ4v) is 0.204. The van der Waals surface area contributed by atoms with E-state index in [9.17, 15) is 9.59 Å². The Balaban J connectivity index is 3.60. The Morgan fingerprint density at radius 3 is 2.00 bits per heavy atom. The lowest BCUT2D eigenvalue weighted by molar-refractivity contribution is -0.123. The third-order valence-corrected chi connectivity index (χ3v) is 0.893. The average Bonchev–Trinajstić information content (AvgIpc) is 1.84. The van der Waals surface area contributed by atoms with Gasteiger partial charge in [-0.1, -0.05) is 6.92 Å². The van der Waals surface area contributed by atoms with Gasteiger partial charge in [-0.25, -0.2) is 0 Å². The number of aliphatic hydroxyl groups excluding tert-OH is 1. The zero-order chi connectivity index (χ0) is 6.57. The molecule has 46 valence electrons. The van der Waals surface area contributed by atoms with E-state index in [-0.39, 0.29) is 0 Å². The summed E-state index contributed by atoms with van der Waals surface area (Å²) in [4.78, 5) is 19.5. The van der Waals surface area contributed by atoms with E-state index in [1.807, 2.05) is 0 Å². The van der Waals surface area contributed by atoms with Crippen molar-refractivity contribution < 1.29 is 14.7 Å². The predicted molar refractivity (Wildman–Crippen MR) is 27.3 cm³/mol. The molecule has 0 saturated carbocycles. The Hall–Kier alpha value is -0.700. The summed E-state index contributed by atoms with van der Waals surface area (Å²) in [7, 11) is 0. The van der Waals surface area contributed by atoms with Crippen LogP contribution in [-0.4, -0.2) is 23.8 Å². The van der Waals surface area contributed by atoms with Crippen LogP contribution in [0.15, 0.2) is 0 Å². The molecule has 0 aliphatic heterocycles. The number of aliphatic hydroxyl groups is 1. The highest BCUT2D eigenvalue weighted by Gasteiger charge is 2.09. The van der Waals surface area contributed by atoms with Gasteiger partial charge in [-0.3, -0.25) is 0 Å². The fourth-order valence-electron chi connectivity index (χ4n) is 0.204. The summed E-state index contributed by atoms with van der Waals surface area (Å²) in [6.45, 7) is 1.48. The second-order valence-corrected chi connectivity index (χ2v) is 1.62. The van der Waals surface area contributed by atoms with Gasteiger partial charge in [0.2, 0.25) is 0 Å². The lowest BCUT2D eigenvalue weighted by atomic mass is 10.1. The van der Waals surface area contributed by atoms with E-state index in [4.69, 9.17) is 5.11 Å². The van der Waals surface area contributed by atoms with Crippen molar-refractivity contribution in [1.29, 1.82) is 0 Å². The van der Waals surface area contributed by atoms with Crippen molar-refractivity contribution in [3.8, 4) is 0 Å². The van der Waals surface area contributed by atoms with Crippen molar-refractivity contribution in [3.05, 3.63) is 0 Å². The standard InChI is InChI=1S/C5H8O3/c1-4(2-6)5(8)3-7/h2-5,8H,1H3/t4-,5+/m1/s1. The average molecular weight is 116 g/mol. The third kappa shape index (κ3) is 1.84. The molecule has 0 aromatic rings. The molecule has 3 heteroatoms. The minimum atomic E-state index is -1.13. The van der Waals surface area contributed by atoms with Crippen molar-refractivity contribution in [3.63, 3.8) is 0 Å². The number of carbonyl (C=O) groups excluding carboxylic acids is 2. The van der Waals surface area contributed by atoms with Gasteiger partial charge in [0.1, 0.15) is 18.7 Å². The first-order chi connectivity index (χ1) is 3.72. The normalized spacial score (nSPS) is 16.8. The number of hydrogen-bond acceptors (Lipinski definition) is 3. The summed E-state index contributed by atoms with van der Waals surface area (Å²) in [6.07, 6.45) is -0.245. The molecule has 0 aromatic heterocycles. The molecule has 0 spiro atoms. The number of aldehydes is 2. The van der Waals surface area contributed by atoms with Crippen LogP contribution in [-0.2, 0) is 9.59 Å². The minimum absolute atomic E-state index is 0.346. The van der Waals surface area contributed by atoms with Crippen molar-refractivity contribution in [2.24, 2.45) is 5.92 Å². The van der Waals surface area contributed by atoms with E-state index in [0.29, 0.717) is 12.6 Å². The van der Waals surface area contributed by atoms with Gasteiger partial charge in [-0.2, -0.15) is 0 Å². The molecule has 1 N–H and O–H groups in total. The monoisotopic (exact) mass is 116 g/mol. The molecule has 0 bridgehead atoms. The molecule has 3 nitrogen and oxygen atoms in total. The van der Waals surface area contributed by atoms with Gasteiger partial charge < -0.3 is 14.7 Å². The fraction of sp³-hybridized carbons (Fsp3) is 0.600. The summed E-state index contributed by atoms with van der Waals surface area (Å²) < 4.78 is 0. The molecule has 2 atom stereocenters. The maximum Gasteiger partial charge on any atom is 0.149 e. The summed E-state index contributed by atoms with van der Waals surface area (Å²) in [5.41, 5.74) is 0. The van der Waals surface area contributed by atoms with Crippen LogP contribution >= 0.6 is 0 Å². The Morgan fingerprint density at radius 2 is 1.88 bits per heavy atom. The van der Waals surface area contributed by atoms with Crippen LogP contribution in [0.3, 0.4) is 0 Å². The maximum atomic E-state index is 9.79. The van der Waals surface area contributed by atoms with E-state index in [1.54, 1.807) is 0 Å². The van der Waals surface area contributed by atoms with Gasteiger partial charge in [0.05, 0.1) is 0 Å². The second-order valence-electron chi connectivity index (χ2n) is 1.62. The van der Waals surface area contributed by atoms with Crippen molar-refractivity contribution in [2.75, 3.05) is 0 Å². The predicted octanol–water partition coefficient (Wildman–Crippen LogP) is -0.619. The highest BCUT2D eigenvalue weighted by atomic mass is 16.3. The first-order valence-corrected chi connectivity index (χ1v) is 2.31. The number of carbonyl (C=O) groups is 2. The molecule has 0 radical (unpaired) electrons. The second kappa shape index (κ2) is 3.32. The smallest absolute Gasteiger partial charge is 0.149 e. The van der Waals surface area contributed by atoms with Gasteiger partial charge >= 0.3 is 0 Å². The van der Waals surface area contributed by atoms with E-state index < -0.39 is 12.0 Å². The van der Waals surface area contributed by atoms with Gasteiger partial charge in [-0.05, 0) is 0 Å². The third-order valence-electron chi connectivity index (χ3n) is 0.893. The SMILES string of the molecule is C[C@H](C=O)[C@@H](O)C=O. The van der Waals surface area contributed by atoms with Gasteiger partial charge in [0.25, 0.3) is 0 Å². The Morgan fingerprint density at radius 1 is 1.38 bits per heavy atom. The Labute approximate surface area is 47.3 Å². The molecule has 0 aliphatic rings. The summed E-state index contributed by atoms with van der Waals surface area (Å²) >= 11 is 0. The van der Waals surface area contributed by atoms with E-state index in [1.165, 1.54) is 6.92 Å². The lowest BCUT2D eigenvalue weighted by Gasteiger charge is -2.02. The molecule has 0 heterocycles. The van der Waals surface area contributed by atoms with Crippen molar-refractivity contribution in [1.82, 2.24) is 0 Å². The molecule has 0 unspecified atom stereocenters. The summed E-state index contributed by atoms with van der Waals surface area (Å²) in [5, 5.41) is 8.53. The van der Waals surface area contributed by atoms with Crippen LogP contribution in [0.4, 0.5) is 0 Å². The van der Waals surface area contributed by atoms with Crippen LogP contribution in [0.25, 0.3) is 0 Å². The Kier molecular flexibility index (Phi) is 3.03. The van der Waals surface area contributed by atoms with Crippen molar-refractivity contribution >= 4 is 12.6 Å². The van der Waals surface area contributed by atoms with Crippen LogP contribution in [0.2, 0.25) is 0 Å². The first kappa shape index (κ1) is 7.30. The molecule has 0 amide bonds. The number of rotatable bonds is 3. The van der Waals surface area contributed by atoms with Gasteiger partial charge in [0, 0.05) is 5.92 Å². The molecule has 8 heavy (non-hydrogen) atoms. The van der Waals surface area contributed by atoms with Crippen LogP contribution in [0.5, 0.6) is 0 Å². The molecular formula is C5H8O3. The molecule has 0 saturated heterocycles. The van der Waals surface area contributed by atoms with Gasteiger partial charge in [0.15, 0.2) is 0 Å². The zero-order valence-corrected chi connectivity index (χ0v) is 4.57. The molecular weight excluding hydrogens is 108 g/mol. The first-order valence-electron chi connectivity index (χ1n) is 2.31. The molecule has 0 aromatic carbocycles. The van der Waals surface area contributed by atoms with E-state index >= 15 is 0 Å². The minimum Gasteiger partial charge on any atom is -0.385 e. The van der Waals surface area contributed by atoms with Crippen molar-refractivity contribution in [2.45, 2.75) is 13.0 Å². The van der Waals surface area contributed by atoms with Crippen LogP contribution in [0.1, 0.15) is 6.92 Å². The Bertz CT molecular complexity index is 77.7. The van der Waals surface area contributed by atoms with E-state index in [2.05, 4.69) is 0 Å². The topological polar surface area (TPSA) is 54.4 Å². The quantitative estimate of drug-likeness (QED) is 0.500. The molecule has 0 rings (SSSR count). The summed E-state index contributed by atoms with van der Waals surface area (Å²) in [6, 6.07) is 0. The molecule has 0 fully saturated rings. The summed E-state index contributed by atoms with van der Waals surface area (Å²) in [5.74, 6) is -0.576. The zero-order valence-electron chi connectivity index (χ0n) is 4.57. The van der Waals surface area contributed by atoms with E-state index in [0.717, 1.165) is 0 Å². The number of hydrogen-bond donors (Lipinski definition) is 1. The highest BCUT2D eigenvalue weighted by Crippen LogP contribution is 1.93. The van der Waals surface area contributed by atoms with Crippen LogP contribution < -0.4 is 0 Å². The maximum absolute atomic E-state index is 9.79.